The molecule has 7 nitrogen and oxygen atoms in total. The summed E-state index contributed by atoms with van der Waals surface area (Å²) in [6.07, 6.45) is -4.23. The van der Waals surface area contributed by atoms with Crippen molar-refractivity contribution in [3.63, 3.8) is 0 Å². The van der Waals surface area contributed by atoms with E-state index < -0.39 is 12.1 Å². The number of carbonyl (C=O) groups is 1. The minimum atomic E-state index is -5.08. The van der Waals surface area contributed by atoms with Crippen molar-refractivity contribution in [2.75, 3.05) is 20.6 Å². The second-order valence-corrected chi connectivity index (χ2v) is 6.72. The van der Waals surface area contributed by atoms with Gasteiger partial charge in [0.2, 0.25) is 0 Å². The average molecular weight is 423 g/mol. The molecule has 28 heavy (non-hydrogen) atoms. The average Bonchev–Trinajstić information content (AvgIpc) is 2.55. The van der Waals surface area contributed by atoms with E-state index in [1.807, 2.05) is 21.0 Å². The molecule has 2 rings (SSSR count). The van der Waals surface area contributed by atoms with Gasteiger partial charge in [0, 0.05) is 6.54 Å². The zero-order valence-corrected chi connectivity index (χ0v) is 16.4. The van der Waals surface area contributed by atoms with Crippen molar-refractivity contribution < 1.29 is 23.1 Å². The smallest absolute Gasteiger partial charge is 0.475 e. The molecule has 2 aromatic rings. The minimum absolute atomic E-state index is 0.114. The standard InChI is InChI=1S/C15H21ClN4O.C2HF3O2/c1-10(17)14-18-12-7-4-6-11(16)13(12)15(21)20(14)9-5-8-19(2)3;3-2(4,5)1(6)7/h4,6-7,10H,5,8-9,17H2,1-3H3;(H,6,7). The van der Waals surface area contributed by atoms with Gasteiger partial charge in [-0.1, -0.05) is 17.7 Å². The van der Waals surface area contributed by atoms with Crippen LogP contribution in [-0.4, -0.2) is 52.3 Å². The molecule has 0 saturated carbocycles. The topological polar surface area (TPSA) is 101 Å². The van der Waals surface area contributed by atoms with Crippen molar-refractivity contribution in [1.29, 1.82) is 0 Å². The lowest BCUT2D eigenvalue weighted by atomic mass is 10.2. The number of nitrogens with two attached hydrogens (primary N) is 1. The molecular weight excluding hydrogens is 401 g/mol. The van der Waals surface area contributed by atoms with Gasteiger partial charge in [0.1, 0.15) is 5.82 Å². The van der Waals surface area contributed by atoms with Crippen molar-refractivity contribution in [2.24, 2.45) is 5.73 Å². The third kappa shape index (κ3) is 6.47. The molecule has 1 aromatic carbocycles. The summed E-state index contributed by atoms with van der Waals surface area (Å²) in [6, 6.07) is 4.99. The highest BCUT2D eigenvalue weighted by Gasteiger charge is 2.38. The van der Waals surface area contributed by atoms with Gasteiger partial charge in [-0.15, -0.1) is 0 Å². The zero-order valence-electron chi connectivity index (χ0n) is 15.6. The van der Waals surface area contributed by atoms with Gasteiger partial charge in [-0.2, -0.15) is 13.2 Å². The number of rotatable bonds is 5. The number of alkyl halides is 3. The van der Waals surface area contributed by atoms with Gasteiger partial charge >= 0.3 is 12.1 Å². The Morgan fingerprint density at radius 2 is 1.96 bits per heavy atom. The molecule has 156 valence electrons. The van der Waals surface area contributed by atoms with E-state index in [0.29, 0.717) is 28.3 Å². The molecular formula is C17H22ClF3N4O3. The number of hydrogen-bond donors (Lipinski definition) is 2. The first-order valence-electron chi connectivity index (χ1n) is 8.25. The second kappa shape index (κ2) is 9.85. The summed E-state index contributed by atoms with van der Waals surface area (Å²) >= 11 is 6.16. The Hall–Kier alpha value is -2.17. The second-order valence-electron chi connectivity index (χ2n) is 6.31. The predicted octanol–water partition coefficient (Wildman–Crippen LogP) is 2.65. The van der Waals surface area contributed by atoms with Crippen LogP contribution in [-0.2, 0) is 11.3 Å². The molecule has 1 aromatic heterocycles. The van der Waals surface area contributed by atoms with Crippen LogP contribution in [0.15, 0.2) is 23.0 Å². The number of carboxylic acid groups (broad SMARTS) is 1. The normalized spacial score (nSPS) is 12.6. The SMILES string of the molecule is CC(N)c1nc2cccc(Cl)c2c(=O)n1CCCN(C)C.O=C(O)C(F)(F)F. The number of nitrogens with zero attached hydrogens (tertiary/aromatic N) is 3. The molecule has 1 atom stereocenters. The Kier molecular flexibility index (Phi) is 8.40. The van der Waals surface area contributed by atoms with E-state index in [4.69, 9.17) is 27.2 Å². The van der Waals surface area contributed by atoms with Gasteiger partial charge < -0.3 is 15.7 Å². The molecule has 0 aliphatic heterocycles. The van der Waals surface area contributed by atoms with Crippen molar-refractivity contribution in [2.45, 2.75) is 32.1 Å². The maximum atomic E-state index is 12.7. The number of carboxylic acids is 1. The van der Waals surface area contributed by atoms with Gasteiger partial charge in [-0.3, -0.25) is 9.36 Å². The summed E-state index contributed by atoms with van der Waals surface area (Å²) in [4.78, 5) is 28.2. The number of fused-ring (bicyclic) bond motifs is 1. The Labute approximate surface area is 164 Å². The molecule has 11 heteroatoms. The van der Waals surface area contributed by atoms with E-state index in [-0.39, 0.29) is 11.6 Å². The van der Waals surface area contributed by atoms with Gasteiger partial charge in [-0.25, -0.2) is 9.78 Å². The maximum absolute atomic E-state index is 12.7. The predicted molar refractivity (Wildman–Crippen MR) is 100 cm³/mol. The first-order chi connectivity index (χ1) is 12.9. The Morgan fingerprint density at radius 1 is 1.39 bits per heavy atom. The first kappa shape index (κ1) is 23.9. The van der Waals surface area contributed by atoms with Crippen molar-refractivity contribution in [3.8, 4) is 0 Å². The van der Waals surface area contributed by atoms with E-state index >= 15 is 0 Å². The molecule has 1 heterocycles. The van der Waals surface area contributed by atoms with Crippen molar-refractivity contribution >= 4 is 28.5 Å². The largest absolute Gasteiger partial charge is 0.490 e. The van der Waals surface area contributed by atoms with Crippen LogP contribution in [0.3, 0.4) is 0 Å². The van der Waals surface area contributed by atoms with Crippen LogP contribution in [0.4, 0.5) is 13.2 Å². The number of aliphatic carboxylic acids is 1. The quantitative estimate of drug-likeness (QED) is 0.768. The number of aromatic nitrogens is 2. The monoisotopic (exact) mass is 422 g/mol. The van der Waals surface area contributed by atoms with Crippen molar-refractivity contribution in [3.05, 3.63) is 39.4 Å². The van der Waals surface area contributed by atoms with E-state index in [1.54, 1.807) is 22.8 Å². The molecule has 0 radical (unpaired) electrons. The van der Waals surface area contributed by atoms with Crippen LogP contribution >= 0.6 is 11.6 Å². The van der Waals surface area contributed by atoms with E-state index in [1.165, 1.54) is 0 Å². The summed E-state index contributed by atoms with van der Waals surface area (Å²) in [5.74, 6) is -2.15. The molecule has 0 aliphatic rings. The molecule has 0 fully saturated rings. The molecule has 0 bridgehead atoms. The maximum Gasteiger partial charge on any atom is 0.490 e. The third-order valence-electron chi connectivity index (χ3n) is 3.60. The van der Waals surface area contributed by atoms with E-state index in [0.717, 1.165) is 13.0 Å². The highest BCUT2D eigenvalue weighted by atomic mass is 35.5. The number of benzene rings is 1. The van der Waals surface area contributed by atoms with Crippen LogP contribution in [0.1, 0.15) is 25.2 Å². The highest BCUT2D eigenvalue weighted by molar-refractivity contribution is 6.35. The molecule has 3 N–H and O–H groups in total. The highest BCUT2D eigenvalue weighted by Crippen LogP contribution is 2.20. The third-order valence-corrected chi connectivity index (χ3v) is 3.91. The molecule has 0 spiro atoms. The molecule has 0 aliphatic carbocycles. The fourth-order valence-corrected chi connectivity index (χ4v) is 2.60. The van der Waals surface area contributed by atoms with Crippen LogP contribution in [0.25, 0.3) is 10.9 Å². The fourth-order valence-electron chi connectivity index (χ4n) is 2.35. The lowest BCUT2D eigenvalue weighted by Gasteiger charge is -2.17. The van der Waals surface area contributed by atoms with Gasteiger partial charge in [0.05, 0.1) is 22.0 Å². The lowest BCUT2D eigenvalue weighted by Crippen LogP contribution is -2.30. The molecule has 0 amide bonds. The summed E-state index contributed by atoms with van der Waals surface area (Å²) in [6.45, 7) is 3.31. The van der Waals surface area contributed by atoms with Crippen LogP contribution in [0.5, 0.6) is 0 Å². The summed E-state index contributed by atoms with van der Waals surface area (Å²) in [5, 5.41) is 8.02. The van der Waals surface area contributed by atoms with Crippen LogP contribution < -0.4 is 11.3 Å². The fraction of sp³-hybridized carbons (Fsp3) is 0.471. The van der Waals surface area contributed by atoms with Crippen LogP contribution in [0, 0.1) is 0 Å². The van der Waals surface area contributed by atoms with Gasteiger partial charge in [-0.05, 0) is 46.1 Å². The van der Waals surface area contributed by atoms with Gasteiger partial charge in [0.15, 0.2) is 0 Å². The molecule has 0 saturated heterocycles. The number of hydrogen-bond acceptors (Lipinski definition) is 5. The van der Waals surface area contributed by atoms with Crippen molar-refractivity contribution in [1.82, 2.24) is 14.5 Å². The van der Waals surface area contributed by atoms with E-state index in [2.05, 4.69) is 9.88 Å². The number of halogens is 4. The van der Waals surface area contributed by atoms with Gasteiger partial charge in [0.25, 0.3) is 5.56 Å². The zero-order chi connectivity index (χ0) is 21.6. The Morgan fingerprint density at radius 3 is 2.43 bits per heavy atom. The summed E-state index contributed by atoms with van der Waals surface area (Å²) < 4.78 is 33.4. The van der Waals surface area contributed by atoms with Crippen LogP contribution in [0.2, 0.25) is 5.02 Å². The summed E-state index contributed by atoms with van der Waals surface area (Å²) in [7, 11) is 4.01. The minimum Gasteiger partial charge on any atom is -0.475 e. The Balaban J connectivity index is 0.000000480. The van der Waals surface area contributed by atoms with E-state index in [9.17, 15) is 18.0 Å². The first-order valence-corrected chi connectivity index (χ1v) is 8.63. The lowest BCUT2D eigenvalue weighted by molar-refractivity contribution is -0.192. The summed E-state index contributed by atoms with van der Waals surface area (Å²) in [5.41, 5.74) is 6.46. The molecule has 1 unspecified atom stereocenters. The Bertz CT molecular complexity index is 882.